The highest BCUT2D eigenvalue weighted by atomic mass is 14.9. The van der Waals surface area contributed by atoms with Crippen LogP contribution in [0.3, 0.4) is 0 Å². The van der Waals surface area contributed by atoms with E-state index in [0.29, 0.717) is 0 Å². The van der Waals surface area contributed by atoms with Crippen molar-refractivity contribution in [1.29, 1.82) is 0 Å². The Morgan fingerprint density at radius 3 is 2.33 bits per heavy atom. The average molecular weight is 163 g/mol. The summed E-state index contributed by atoms with van der Waals surface area (Å²) in [5.41, 5.74) is 2.64. The molecule has 1 aromatic rings. The molecule has 0 saturated heterocycles. The summed E-state index contributed by atoms with van der Waals surface area (Å²) in [5.74, 6) is 0. The van der Waals surface area contributed by atoms with Crippen molar-refractivity contribution in [2.75, 3.05) is 5.32 Å². The lowest BCUT2D eigenvalue weighted by Gasteiger charge is -2.22. The van der Waals surface area contributed by atoms with E-state index in [1.54, 1.807) is 0 Å². The van der Waals surface area contributed by atoms with Crippen molar-refractivity contribution in [2.45, 2.75) is 33.2 Å². The number of benzene rings is 1. The highest BCUT2D eigenvalue weighted by Gasteiger charge is 2.08. The molecule has 1 rings (SSSR count). The van der Waals surface area contributed by atoms with Crippen LogP contribution in [0.4, 0.5) is 5.69 Å². The molecular formula is C11H17N. The maximum Gasteiger partial charge on any atom is 0.0346 e. The SMILES string of the molecule is Cc1cccc(NC(C)(C)C)c1. The first kappa shape index (κ1) is 9.11. The minimum atomic E-state index is 0.147. The van der Waals surface area contributed by atoms with Crippen LogP contribution in [0.2, 0.25) is 0 Å². The lowest BCUT2D eigenvalue weighted by atomic mass is 10.1. The van der Waals surface area contributed by atoms with E-state index in [-0.39, 0.29) is 5.54 Å². The molecule has 0 aliphatic heterocycles. The molecule has 0 amide bonds. The van der Waals surface area contributed by atoms with Gasteiger partial charge in [-0.3, -0.25) is 0 Å². The second-order valence-corrected chi connectivity index (χ2v) is 4.24. The summed E-state index contributed by atoms with van der Waals surface area (Å²) in [5, 5.41) is 3.42. The van der Waals surface area contributed by atoms with E-state index in [4.69, 9.17) is 0 Å². The number of rotatable bonds is 1. The molecule has 66 valence electrons. The third-order valence-electron chi connectivity index (χ3n) is 1.54. The first-order chi connectivity index (χ1) is 5.47. The van der Waals surface area contributed by atoms with Gasteiger partial charge in [0.15, 0.2) is 0 Å². The summed E-state index contributed by atoms with van der Waals surface area (Å²) in [6, 6.07) is 8.43. The van der Waals surface area contributed by atoms with Gasteiger partial charge in [0, 0.05) is 11.2 Å². The Hall–Kier alpha value is -0.980. The lowest BCUT2D eigenvalue weighted by molar-refractivity contribution is 0.634. The maximum absolute atomic E-state index is 3.42. The number of nitrogens with one attached hydrogen (secondary N) is 1. The second-order valence-electron chi connectivity index (χ2n) is 4.24. The van der Waals surface area contributed by atoms with Gasteiger partial charge in [0.25, 0.3) is 0 Å². The minimum Gasteiger partial charge on any atom is -0.380 e. The quantitative estimate of drug-likeness (QED) is 0.670. The molecule has 0 fully saturated rings. The van der Waals surface area contributed by atoms with Crippen LogP contribution in [0.5, 0.6) is 0 Å². The normalized spacial score (nSPS) is 11.3. The molecule has 0 saturated carbocycles. The number of hydrogen-bond donors (Lipinski definition) is 1. The van der Waals surface area contributed by atoms with Gasteiger partial charge in [-0.2, -0.15) is 0 Å². The zero-order chi connectivity index (χ0) is 9.19. The number of anilines is 1. The zero-order valence-corrected chi connectivity index (χ0v) is 8.31. The molecule has 0 aliphatic carbocycles. The largest absolute Gasteiger partial charge is 0.380 e. The molecule has 0 atom stereocenters. The van der Waals surface area contributed by atoms with Crippen molar-refractivity contribution in [3.8, 4) is 0 Å². The lowest BCUT2D eigenvalue weighted by Crippen LogP contribution is -2.25. The van der Waals surface area contributed by atoms with Crippen molar-refractivity contribution in [2.24, 2.45) is 0 Å². The molecule has 0 heterocycles. The molecule has 1 nitrogen and oxygen atoms in total. The van der Waals surface area contributed by atoms with E-state index in [9.17, 15) is 0 Å². The Bertz CT molecular complexity index is 258. The van der Waals surface area contributed by atoms with Gasteiger partial charge >= 0.3 is 0 Å². The van der Waals surface area contributed by atoms with Crippen LogP contribution in [0.1, 0.15) is 26.3 Å². The fraction of sp³-hybridized carbons (Fsp3) is 0.455. The van der Waals surface area contributed by atoms with Crippen LogP contribution in [0, 0.1) is 6.92 Å². The molecule has 1 N–H and O–H groups in total. The summed E-state index contributed by atoms with van der Waals surface area (Å²) >= 11 is 0. The number of hydrogen-bond acceptors (Lipinski definition) is 1. The average Bonchev–Trinajstić information content (AvgIpc) is 1.82. The van der Waals surface area contributed by atoms with Crippen molar-refractivity contribution < 1.29 is 0 Å². The van der Waals surface area contributed by atoms with Gasteiger partial charge < -0.3 is 5.32 Å². The van der Waals surface area contributed by atoms with Crippen molar-refractivity contribution in [1.82, 2.24) is 0 Å². The smallest absolute Gasteiger partial charge is 0.0346 e. The Labute approximate surface area is 74.8 Å². The standard InChI is InChI=1S/C11H17N/c1-9-6-5-7-10(8-9)12-11(2,3)4/h5-8,12H,1-4H3. The van der Waals surface area contributed by atoms with E-state index in [1.807, 2.05) is 0 Å². The predicted molar refractivity (Wildman–Crippen MR) is 54.6 cm³/mol. The molecule has 12 heavy (non-hydrogen) atoms. The summed E-state index contributed by atoms with van der Waals surface area (Å²) < 4.78 is 0. The minimum absolute atomic E-state index is 0.147. The Kier molecular flexibility index (Phi) is 2.41. The molecule has 1 aromatic carbocycles. The molecule has 0 aliphatic rings. The maximum atomic E-state index is 3.42. The Morgan fingerprint density at radius 1 is 1.17 bits per heavy atom. The van der Waals surface area contributed by atoms with E-state index in [2.05, 4.69) is 57.3 Å². The predicted octanol–water partition coefficient (Wildman–Crippen LogP) is 3.21. The molecule has 0 aromatic heterocycles. The van der Waals surface area contributed by atoms with Crippen LogP contribution in [-0.4, -0.2) is 5.54 Å². The second kappa shape index (κ2) is 3.18. The van der Waals surface area contributed by atoms with Crippen molar-refractivity contribution in [3.63, 3.8) is 0 Å². The summed E-state index contributed by atoms with van der Waals surface area (Å²) in [6.07, 6.45) is 0. The van der Waals surface area contributed by atoms with Crippen molar-refractivity contribution in [3.05, 3.63) is 29.8 Å². The van der Waals surface area contributed by atoms with Crippen LogP contribution >= 0.6 is 0 Å². The Morgan fingerprint density at radius 2 is 1.83 bits per heavy atom. The summed E-state index contributed by atoms with van der Waals surface area (Å²) in [7, 11) is 0. The molecule has 0 spiro atoms. The first-order valence-corrected chi connectivity index (χ1v) is 4.32. The van der Waals surface area contributed by atoms with Gasteiger partial charge in [-0.05, 0) is 45.4 Å². The van der Waals surface area contributed by atoms with E-state index >= 15 is 0 Å². The van der Waals surface area contributed by atoms with E-state index < -0.39 is 0 Å². The van der Waals surface area contributed by atoms with Gasteiger partial charge in [-0.1, -0.05) is 12.1 Å². The molecule has 1 heteroatoms. The van der Waals surface area contributed by atoms with Gasteiger partial charge in [-0.25, -0.2) is 0 Å². The zero-order valence-electron chi connectivity index (χ0n) is 8.31. The molecular weight excluding hydrogens is 146 g/mol. The molecule has 0 radical (unpaired) electrons. The van der Waals surface area contributed by atoms with Crippen LogP contribution in [0.25, 0.3) is 0 Å². The molecule has 0 unspecified atom stereocenters. The van der Waals surface area contributed by atoms with Gasteiger partial charge in [0.05, 0.1) is 0 Å². The van der Waals surface area contributed by atoms with Gasteiger partial charge in [0.2, 0.25) is 0 Å². The third-order valence-corrected chi connectivity index (χ3v) is 1.54. The monoisotopic (exact) mass is 163 g/mol. The van der Waals surface area contributed by atoms with Crippen LogP contribution in [0.15, 0.2) is 24.3 Å². The third kappa shape index (κ3) is 2.95. The molecule has 0 bridgehead atoms. The summed E-state index contributed by atoms with van der Waals surface area (Å²) in [6.45, 7) is 8.59. The van der Waals surface area contributed by atoms with E-state index in [0.717, 1.165) is 0 Å². The summed E-state index contributed by atoms with van der Waals surface area (Å²) in [4.78, 5) is 0. The van der Waals surface area contributed by atoms with E-state index in [1.165, 1.54) is 11.3 Å². The van der Waals surface area contributed by atoms with Gasteiger partial charge in [-0.15, -0.1) is 0 Å². The van der Waals surface area contributed by atoms with Gasteiger partial charge in [0.1, 0.15) is 0 Å². The number of aryl methyl sites for hydroxylation is 1. The highest BCUT2D eigenvalue weighted by Crippen LogP contribution is 2.15. The van der Waals surface area contributed by atoms with Crippen LogP contribution in [-0.2, 0) is 0 Å². The van der Waals surface area contributed by atoms with Crippen molar-refractivity contribution >= 4 is 5.69 Å². The fourth-order valence-corrected chi connectivity index (χ4v) is 1.16. The topological polar surface area (TPSA) is 12.0 Å². The highest BCUT2D eigenvalue weighted by molar-refractivity contribution is 5.46. The van der Waals surface area contributed by atoms with Crippen LogP contribution < -0.4 is 5.32 Å². The fourth-order valence-electron chi connectivity index (χ4n) is 1.16. The first-order valence-electron chi connectivity index (χ1n) is 4.32. The Balaban J connectivity index is 2.77.